The van der Waals surface area contributed by atoms with E-state index in [9.17, 15) is 0 Å². The van der Waals surface area contributed by atoms with Crippen LogP contribution in [0.4, 0.5) is 0 Å². The highest BCUT2D eigenvalue weighted by atomic mass is 79.9. The molecule has 0 fully saturated rings. The van der Waals surface area contributed by atoms with E-state index in [1.54, 1.807) is 18.3 Å². The van der Waals surface area contributed by atoms with E-state index >= 15 is 38.4 Å². The van der Waals surface area contributed by atoms with E-state index < -0.39 is 57.5 Å². The molecule has 666 valence electrons. The van der Waals surface area contributed by atoms with E-state index in [4.69, 9.17) is 17.7 Å². The fourth-order valence-electron chi connectivity index (χ4n) is 24.1. The van der Waals surface area contributed by atoms with Crippen LogP contribution in [0.1, 0.15) is 296 Å². The van der Waals surface area contributed by atoms with E-state index in [0.717, 1.165) is 165 Å². The van der Waals surface area contributed by atoms with Crippen LogP contribution in [0.15, 0.2) is 150 Å². The lowest BCUT2D eigenvalue weighted by atomic mass is 9.82. The van der Waals surface area contributed by atoms with Gasteiger partial charge < -0.3 is 17.7 Å². The molecule has 0 aliphatic rings. The smallest absolute Gasteiger partial charge is 0.261 e. The van der Waals surface area contributed by atoms with Crippen molar-refractivity contribution in [1.29, 1.82) is 0 Å². The van der Waals surface area contributed by atoms with Crippen LogP contribution in [0.2, 0.25) is 0 Å². The summed E-state index contributed by atoms with van der Waals surface area (Å²) in [6.07, 6.45) is 26.4. The molecule has 8 aromatic heterocycles. The Balaban J connectivity index is 1.03. The predicted octanol–water partition coefficient (Wildman–Crippen LogP) is 30.8. The zero-order valence-corrected chi connectivity index (χ0v) is 79.6. The van der Waals surface area contributed by atoms with Gasteiger partial charge in [0.1, 0.15) is 44.7 Å². The van der Waals surface area contributed by atoms with Crippen LogP contribution < -0.4 is 44.5 Å². The summed E-state index contributed by atoms with van der Waals surface area (Å²) in [4.78, 5) is 134. The van der Waals surface area contributed by atoms with Gasteiger partial charge >= 0.3 is 0 Å². The van der Waals surface area contributed by atoms with Gasteiger partial charge in [0.2, 0.25) is 0 Å². The van der Waals surface area contributed by atoms with Gasteiger partial charge in [-0.1, -0.05) is 209 Å². The zero-order chi connectivity index (χ0) is 90.0. The minimum atomic E-state index is -0.449. The van der Waals surface area contributed by atoms with Gasteiger partial charge in [-0.05, 0) is 215 Å². The van der Waals surface area contributed by atoms with Crippen LogP contribution in [0.25, 0.3) is 217 Å². The number of benzene rings is 13. The Bertz CT molecular complexity index is 8190. The fourth-order valence-corrected chi connectivity index (χ4v) is 25.4. The Hall–Kier alpha value is -10.8. The van der Waals surface area contributed by atoms with Crippen molar-refractivity contribution < 1.29 is 17.7 Å². The predicted molar refractivity (Wildman–Crippen MR) is 549 cm³/mol. The molecule has 16 nitrogen and oxygen atoms in total. The Kier molecular flexibility index (Phi) is 22.3. The molecule has 0 radical (unpaired) electrons. The number of pyridine rings is 4. The highest BCUT2D eigenvalue weighted by molar-refractivity contribution is 9.11. The molecule has 21 rings (SSSR count). The Morgan fingerprint density at radius 2 is 0.408 bits per heavy atom. The molecule has 13 aromatic carbocycles. The highest BCUT2D eigenvalue weighted by Gasteiger charge is 2.37. The van der Waals surface area contributed by atoms with Crippen LogP contribution in [-0.2, 0) is 0 Å². The van der Waals surface area contributed by atoms with Crippen molar-refractivity contribution in [2.24, 2.45) is 0 Å². The Morgan fingerprint density at radius 1 is 0.208 bits per heavy atom. The number of rotatable bonds is 36. The number of nitrogens with zero attached hydrogens (tertiary/aromatic N) is 4. The number of fused-ring (bicyclic) bond motifs is 8. The van der Waals surface area contributed by atoms with Gasteiger partial charge in [0.15, 0.2) is 0 Å². The molecule has 18 heteroatoms. The molecule has 0 saturated carbocycles. The molecule has 130 heavy (non-hydrogen) atoms. The van der Waals surface area contributed by atoms with Crippen molar-refractivity contribution in [2.45, 2.75) is 299 Å². The monoisotopic (exact) mass is 1860 g/mol. The van der Waals surface area contributed by atoms with Gasteiger partial charge in [-0.3, -0.25) is 56.6 Å². The molecule has 0 spiro atoms. The molecule has 0 bridgehead atoms. The minimum Gasteiger partial charge on any atom is -0.456 e. The van der Waals surface area contributed by atoms with Gasteiger partial charge in [-0.2, -0.15) is 0 Å². The maximum absolute atomic E-state index is 16.9. The largest absolute Gasteiger partial charge is 0.456 e. The van der Waals surface area contributed by atoms with Crippen molar-refractivity contribution in [1.82, 2.24) is 18.3 Å². The Labute approximate surface area is 766 Å². The lowest BCUT2D eigenvalue weighted by Crippen LogP contribution is -2.37. The van der Waals surface area contributed by atoms with Crippen molar-refractivity contribution in [3.8, 4) is 0 Å². The first-order chi connectivity index (χ1) is 63.2. The van der Waals surface area contributed by atoms with Crippen LogP contribution in [-0.4, -0.2) is 18.3 Å². The third-order valence-corrected chi connectivity index (χ3v) is 31.3. The van der Waals surface area contributed by atoms with Crippen LogP contribution in [0, 0.1) is 13.8 Å². The Morgan fingerprint density at radius 3 is 0.631 bits per heavy atom. The molecule has 0 saturated heterocycles. The quantitative estimate of drug-likeness (QED) is 0.0204. The summed E-state index contributed by atoms with van der Waals surface area (Å²) in [6.45, 7) is 21.4. The lowest BCUT2D eigenvalue weighted by molar-refractivity contribution is 0.387. The maximum Gasteiger partial charge on any atom is 0.261 e. The van der Waals surface area contributed by atoms with Gasteiger partial charge in [-0.25, -0.2) is 0 Å². The molecule has 8 heterocycles. The number of aromatic nitrogens is 4. The van der Waals surface area contributed by atoms with Crippen molar-refractivity contribution in [3.05, 3.63) is 188 Å². The normalized spacial score (nSPS) is 13.0. The molecule has 0 aliphatic carbocycles. The number of hydrogen-bond donors (Lipinski definition) is 0. The zero-order valence-electron chi connectivity index (χ0n) is 76.5. The molecular formula is C112H112Br2N4O12. The number of hydrogen-bond acceptors (Lipinski definition) is 12. The fraction of sp³-hybridized carbons (Fsp3) is 0.411. The summed E-state index contributed by atoms with van der Waals surface area (Å²) in [7, 11) is 0. The molecule has 21 aromatic rings. The summed E-state index contributed by atoms with van der Waals surface area (Å²) in [5, 5.41) is 16.4. The molecule has 0 amide bonds. The molecule has 0 N–H and O–H groups in total. The van der Waals surface area contributed by atoms with Crippen molar-refractivity contribution in [3.63, 3.8) is 0 Å². The third kappa shape index (κ3) is 13.0. The second kappa shape index (κ2) is 33.8. The summed E-state index contributed by atoms with van der Waals surface area (Å²) >= 11 is 8.02. The first-order valence-corrected chi connectivity index (χ1v) is 50.6. The standard InChI is InChI=1S/C112H112Br2N4O12/c1-11-19-27-35-59(36-28-20-12-2)115-105(119)71-47-65-63-51-82-64(52-81(63)127-83-53-75-89-73(107(121)117(109(75)123)61(39-31-23-15-5)40-32-24-16-6)49-67-69-43-57(9)45-79(113)103(69)129-85-55-77(111(115)125)87(71)99-91(65)95(83)101(89)93(67)97(85)99)66-48-72-88-78(112(126)116(106(72)120)60(37-29-21-13-3)38-30-22-14-4)56-86-98-94-68(70-44-58(10)46-80(114)104(70)130-86)50-74-90-76(54-84(128-82)96(102(90)94)92(66)100(88)98)110(124)118(108(74)122)62(41-33-25-17-7)42-34-26-18-8/h43-56,59-62H,11-42H2,1-10H3. The van der Waals surface area contributed by atoms with E-state index in [-0.39, 0.29) is 11.1 Å². The average Bonchev–Trinajstić information content (AvgIpc) is 1.32. The minimum absolute atomic E-state index is 0.291. The van der Waals surface area contributed by atoms with E-state index in [1.807, 2.05) is 86.6 Å². The number of halogens is 2. The van der Waals surface area contributed by atoms with E-state index in [2.05, 4.69) is 99.4 Å². The average molecular weight is 1870 g/mol. The first-order valence-electron chi connectivity index (χ1n) is 49.0. The topological polar surface area (TPSA) is 209 Å². The summed E-state index contributed by atoms with van der Waals surface area (Å²) in [6, 6.07) is 25.6. The SMILES string of the molecule is CCCCCC(CCCCC)n1c(=O)c2cc3oc4c(Br)cc(C)cc4c4cc5c(=O)n(C(CCCCC)CCCCC)c(=O)c6cc7oc8cc9c(cc8c8cc(c1=O)c2c1c3c4c(c65)c7c81)oc1cc2c(=O)n(C(CCCCC)CCCCC)c(=O)c3cc4c5cc(C)cc(Br)c5oc5cc6c(=O)n(C(CCCCC)CCCCC)c(=O)c7cc9c8c1c(c23)c4c5c8c67. The lowest BCUT2D eigenvalue weighted by Gasteiger charge is -2.23. The van der Waals surface area contributed by atoms with E-state index in [1.165, 1.54) is 0 Å². The third-order valence-electron chi connectivity index (χ3n) is 30.1. The summed E-state index contributed by atoms with van der Waals surface area (Å²) < 4.78 is 38.8. The van der Waals surface area contributed by atoms with Crippen LogP contribution >= 0.6 is 31.9 Å². The molecule has 0 aliphatic heterocycles. The van der Waals surface area contributed by atoms with Gasteiger partial charge in [-0.15, -0.1) is 0 Å². The molecular weight excluding hydrogens is 1750 g/mol. The van der Waals surface area contributed by atoms with Gasteiger partial charge in [0.25, 0.3) is 44.5 Å². The molecule has 0 atom stereocenters. The number of aryl methyl sites for hydroxylation is 2. The molecule has 0 unspecified atom stereocenters. The number of unbranched alkanes of at least 4 members (excludes halogenated alkanes) is 16. The second-order valence-corrected chi connectivity index (χ2v) is 40.3. The highest BCUT2D eigenvalue weighted by Crippen LogP contribution is 2.57. The van der Waals surface area contributed by atoms with Crippen LogP contribution in [0.5, 0.6) is 0 Å². The van der Waals surface area contributed by atoms with Crippen LogP contribution in [0.3, 0.4) is 0 Å². The first kappa shape index (κ1) is 85.9. The van der Waals surface area contributed by atoms with E-state index in [0.29, 0.717) is 277 Å². The summed E-state index contributed by atoms with van der Waals surface area (Å²) in [5.74, 6) is 0. The summed E-state index contributed by atoms with van der Waals surface area (Å²) in [5.41, 5.74) is 1.36. The van der Waals surface area contributed by atoms with Crippen molar-refractivity contribution >= 4 is 249 Å². The van der Waals surface area contributed by atoms with Gasteiger partial charge in [0.05, 0.1) is 30.5 Å². The van der Waals surface area contributed by atoms with Crippen molar-refractivity contribution in [2.75, 3.05) is 0 Å². The second-order valence-electron chi connectivity index (χ2n) is 38.6. The van der Waals surface area contributed by atoms with Gasteiger partial charge in [0, 0.05) is 153 Å². The maximum atomic E-state index is 16.9.